The normalized spacial score (nSPS) is 19.7. The predicted octanol–water partition coefficient (Wildman–Crippen LogP) is 3.83. The third-order valence-corrected chi connectivity index (χ3v) is 6.39. The van der Waals surface area contributed by atoms with Gasteiger partial charge < -0.3 is 9.80 Å². The number of hydrogen-bond donors (Lipinski definition) is 0. The first kappa shape index (κ1) is 23.2. The summed E-state index contributed by atoms with van der Waals surface area (Å²) in [6, 6.07) is 9.88. The number of rotatable bonds is 3. The smallest absolute Gasteiger partial charge is 0.337 e. The minimum atomic E-state index is -4.80. The summed E-state index contributed by atoms with van der Waals surface area (Å²) in [5.41, 5.74) is 0.289. The summed E-state index contributed by atoms with van der Waals surface area (Å²) in [6.07, 6.45) is -4.08. The zero-order valence-electron chi connectivity index (χ0n) is 18.2. The van der Waals surface area contributed by atoms with E-state index in [0.717, 1.165) is 18.1 Å². The van der Waals surface area contributed by atoms with Gasteiger partial charge in [0.15, 0.2) is 0 Å². The van der Waals surface area contributed by atoms with Crippen molar-refractivity contribution in [1.82, 2.24) is 14.7 Å². The van der Waals surface area contributed by atoms with Crippen LogP contribution < -0.4 is 0 Å². The molecule has 2 aliphatic rings. The lowest BCUT2D eigenvalue weighted by atomic mass is 10.1. The van der Waals surface area contributed by atoms with E-state index in [9.17, 15) is 27.2 Å². The number of nitrogens with zero attached hydrogens (tertiary/aromatic N) is 3. The van der Waals surface area contributed by atoms with Crippen LogP contribution in [0.2, 0.25) is 0 Å². The van der Waals surface area contributed by atoms with E-state index in [1.54, 1.807) is 4.90 Å². The molecule has 0 bridgehead atoms. The molecule has 0 N–H and O–H groups in total. The number of carbonyl (C=O) groups excluding carboxylic acids is 2. The topological polar surface area (TPSA) is 43.9 Å². The summed E-state index contributed by atoms with van der Waals surface area (Å²) in [5, 5.41) is 0. The summed E-state index contributed by atoms with van der Waals surface area (Å²) >= 11 is 0. The molecule has 5 nitrogen and oxygen atoms in total. The highest BCUT2D eigenvalue weighted by Gasteiger charge is 2.36. The van der Waals surface area contributed by atoms with Crippen molar-refractivity contribution >= 4 is 11.8 Å². The zero-order chi connectivity index (χ0) is 23.8. The SMILES string of the molecule is Cc1ccc(C(=O)N2CCN([C@H]3CCN(C(=O)c4ccc(C(F)(F)F)c(F)c4)C3)CC2)cc1. The Kier molecular flexibility index (Phi) is 6.43. The number of hydrogen-bond acceptors (Lipinski definition) is 3. The van der Waals surface area contributed by atoms with E-state index in [1.165, 1.54) is 0 Å². The van der Waals surface area contributed by atoms with Crippen LogP contribution in [0.25, 0.3) is 0 Å². The number of benzene rings is 2. The maximum atomic E-state index is 13.9. The Labute approximate surface area is 189 Å². The molecule has 176 valence electrons. The van der Waals surface area contributed by atoms with Crippen molar-refractivity contribution in [2.24, 2.45) is 0 Å². The average molecular weight is 463 g/mol. The van der Waals surface area contributed by atoms with Crippen LogP contribution in [0, 0.1) is 12.7 Å². The molecule has 2 aromatic carbocycles. The Morgan fingerprint density at radius 1 is 0.848 bits per heavy atom. The summed E-state index contributed by atoms with van der Waals surface area (Å²) in [5.74, 6) is -1.92. The van der Waals surface area contributed by atoms with Gasteiger partial charge in [-0.05, 0) is 43.7 Å². The number of alkyl halides is 3. The third kappa shape index (κ3) is 5.03. The minimum absolute atomic E-state index is 0.00204. The van der Waals surface area contributed by atoms with E-state index in [-0.39, 0.29) is 17.5 Å². The predicted molar refractivity (Wildman–Crippen MR) is 114 cm³/mol. The fraction of sp³-hybridized carbons (Fsp3) is 0.417. The van der Waals surface area contributed by atoms with Gasteiger partial charge in [-0.2, -0.15) is 13.2 Å². The van der Waals surface area contributed by atoms with Crippen molar-refractivity contribution in [3.63, 3.8) is 0 Å². The van der Waals surface area contributed by atoms with E-state index >= 15 is 0 Å². The quantitative estimate of drug-likeness (QED) is 0.650. The molecular weight excluding hydrogens is 438 g/mol. The average Bonchev–Trinajstić information content (AvgIpc) is 3.28. The number of carbonyl (C=O) groups is 2. The maximum absolute atomic E-state index is 13.9. The largest absolute Gasteiger partial charge is 0.419 e. The Morgan fingerprint density at radius 3 is 2.06 bits per heavy atom. The molecule has 9 heteroatoms. The van der Waals surface area contributed by atoms with Gasteiger partial charge in [0.25, 0.3) is 11.8 Å². The molecule has 0 unspecified atom stereocenters. The van der Waals surface area contributed by atoms with Crippen molar-refractivity contribution in [3.05, 3.63) is 70.5 Å². The van der Waals surface area contributed by atoms with Crippen LogP contribution in [-0.2, 0) is 6.18 Å². The molecule has 2 heterocycles. The molecule has 0 radical (unpaired) electrons. The molecule has 2 aromatic rings. The molecule has 2 aliphatic heterocycles. The van der Waals surface area contributed by atoms with Crippen molar-refractivity contribution in [2.75, 3.05) is 39.3 Å². The Hall–Kier alpha value is -2.94. The highest BCUT2D eigenvalue weighted by molar-refractivity contribution is 5.95. The second kappa shape index (κ2) is 9.13. The maximum Gasteiger partial charge on any atom is 0.419 e. The van der Waals surface area contributed by atoms with Crippen LogP contribution in [0.3, 0.4) is 0 Å². The van der Waals surface area contributed by atoms with E-state index < -0.39 is 23.5 Å². The van der Waals surface area contributed by atoms with E-state index in [4.69, 9.17) is 0 Å². The fourth-order valence-corrected chi connectivity index (χ4v) is 4.45. The highest BCUT2D eigenvalue weighted by atomic mass is 19.4. The number of amides is 2. The molecular formula is C24H25F4N3O2. The van der Waals surface area contributed by atoms with E-state index in [1.807, 2.05) is 36.1 Å². The zero-order valence-corrected chi connectivity index (χ0v) is 18.2. The first-order valence-corrected chi connectivity index (χ1v) is 10.9. The number of aryl methyl sites for hydroxylation is 1. The molecule has 2 saturated heterocycles. The lowest BCUT2D eigenvalue weighted by Gasteiger charge is -2.38. The molecule has 1 atom stereocenters. The van der Waals surface area contributed by atoms with Gasteiger partial charge in [-0.1, -0.05) is 17.7 Å². The summed E-state index contributed by atoms with van der Waals surface area (Å²) in [7, 11) is 0. The van der Waals surface area contributed by atoms with Gasteiger partial charge in [0, 0.05) is 56.4 Å². The van der Waals surface area contributed by atoms with Crippen LogP contribution in [0.4, 0.5) is 17.6 Å². The van der Waals surface area contributed by atoms with E-state index in [2.05, 4.69) is 4.90 Å². The van der Waals surface area contributed by atoms with Gasteiger partial charge >= 0.3 is 6.18 Å². The molecule has 0 spiro atoms. The van der Waals surface area contributed by atoms with Gasteiger partial charge in [0.1, 0.15) is 5.82 Å². The molecule has 33 heavy (non-hydrogen) atoms. The Balaban J connectivity index is 1.32. The molecule has 0 aliphatic carbocycles. The molecule has 4 rings (SSSR count). The number of likely N-dealkylation sites (tertiary alicyclic amines) is 1. The fourth-order valence-electron chi connectivity index (χ4n) is 4.45. The van der Waals surface area contributed by atoms with Gasteiger partial charge in [0.05, 0.1) is 5.56 Å². The van der Waals surface area contributed by atoms with Crippen LogP contribution in [-0.4, -0.2) is 71.8 Å². The van der Waals surface area contributed by atoms with Crippen LogP contribution >= 0.6 is 0 Å². The first-order chi connectivity index (χ1) is 15.6. The lowest BCUT2D eigenvalue weighted by molar-refractivity contribution is -0.140. The summed E-state index contributed by atoms with van der Waals surface area (Å²) < 4.78 is 52.2. The van der Waals surface area contributed by atoms with Gasteiger partial charge in [-0.15, -0.1) is 0 Å². The molecule has 2 amide bonds. The standard InChI is InChI=1S/C24H25F4N3O2/c1-16-2-4-17(5-3-16)22(32)30-12-10-29(11-13-30)19-8-9-31(15-19)23(33)18-6-7-20(21(25)14-18)24(26,27)28/h2-7,14,19H,8-13,15H2,1H3/t19-/m0/s1. The van der Waals surface area contributed by atoms with Crippen LogP contribution in [0.15, 0.2) is 42.5 Å². The first-order valence-electron chi connectivity index (χ1n) is 10.9. The summed E-state index contributed by atoms with van der Waals surface area (Å²) in [4.78, 5) is 31.0. The van der Waals surface area contributed by atoms with Crippen molar-refractivity contribution < 1.29 is 27.2 Å². The molecule has 2 fully saturated rings. The monoisotopic (exact) mass is 463 g/mol. The van der Waals surface area contributed by atoms with Gasteiger partial charge in [-0.3, -0.25) is 14.5 Å². The molecule has 0 aromatic heterocycles. The summed E-state index contributed by atoms with van der Waals surface area (Å²) in [6.45, 7) is 5.37. The second-order valence-electron chi connectivity index (χ2n) is 8.58. The minimum Gasteiger partial charge on any atom is -0.337 e. The van der Waals surface area contributed by atoms with Crippen molar-refractivity contribution in [1.29, 1.82) is 0 Å². The van der Waals surface area contributed by atoms with Crippen LogP contribution in [0.1, 0.15) is 38.3 Å². The van der Waals surface area contributed by atoms with E-state index in [0.29, 0.717) is 57.0 Å². The second-order valence-corrected chi connectivity index (χ2v) is 8.58. The number of piperazine rings is 1. The van der Waals surface area contributed by atoms with Gasteiger partial charge in [0.2, 0.25) is 0 Å². The Bertz CT molecular complexity index is 1030. The van der Waals surface area contributed by atoms with Gasteiger partial charge in [-0.25, -0.2) is 4.39 Å². The Morgan fingerprint density at radius 2 is 1.45 bits per heavy atom. The van der Waals surface area contributed by atoms with Crippen molar-refractivity contribution in [3.8, 4) is 0 Å². The third-order valence-electron chi connectivity index (χ3n) is 6.39. The molecule has 0 saturated carbocycles. The number of halogens is 4. The lowest BCUT2D eigenvalue weighted by Crippen LogP contribution is -2.52. The van der Waals surface area contributed by atoms with Crippen LogP contribution in [0.5, 0.6) is 0 Å². The highest BCUT2D eigenvalue weighted by Crippen LogP contribution is 2.32. The van der Waals surface area contributed by atoms with Crippen molar-refractivity contribution in [2.45, 2.75) is 25.6 Å².